The van der Waals surface area contributed by atoms with Crippen LogP contribution in [0.1, 0.15) is 26.2 Å². The van der Waals surface area contributed by atoms with Gasteiger partial charge in [0.1, 0.15) is 17.0 Å². The maximum atomic E-state index is 12.1. The second-order valence-electron chi connectivity index (χ2n) is 6.30. The van der Waals surface area contributed by atoms with Crippen LogP contribution in [0.2, 0.25) is 0 Å². The van der Waals surface area contributed by atoms with Crippen LogP contribution in [0, 0.1) is 0 Å². The number of carboxylic acid groups (broad SMARTS) is 1. The number of ether oxygens (including phenoxy) is 2. The minimum absolute atomic E-state index is 0.105. The summed E-state index contributed by atoms with van der Waals surface area (Å²) in [5, 5.41) is 14.7. The van der Waals surface area contributed by atoms with E-state index in [-0.39, 0.29) is 19.4 Å². The zero-order valence-corrected chi connectivity index (χ0v) is 16.1. The van der Waals surface area contributed by atoms with Gasteiger partial charge in [-0.1, -0.05) is 43.3 Å². The maximum Gasteiger partial charge on any atom is 0.413 e. The van der Waals surface area contributed by atoms with Gasteiger partial charge in [-0.3, -0.25) is 0 Å². The van der Waals surface area contributed by atoms with E-state index in [0.29, 0.717) is 17.9 Å². The summed E-state index contributed by atoms with van der Waals surface area (Å²) in [6.45, 7) is 1.85. The first-order valence-electron chi connectivity index (χ1n) is 9.24. The molecule has 2 amide bonds. The van der Waals surface area contributed by atoms with Gasteiger partial charge in [-0.25, -0.2) is 14.4 Å². The van der Waals surface area contributed by atoms with Crippen molar-refractivity contribution < 1.29 is 29.0 Å². The summed E-state index contributed by atoms with van der Waals surface area (Å²) in [5.41, 5.74) is -1.50. The molecular weight excluding hydrogens is 376 g/mol. The minimum atomic E-state index is -1.50. The summed E-state index contributed by atoms with van der Waals surface area (Å²) in [6, 6.07) is 16.9. The highest BCUT2D eigenvalue weighted by atomic mass is 16.6. The molecule has 0 heterocycles. The van der Waals surface area contributed by atoms with E-state index in [1.807, 2.05) is 0 Å². The molecule has 0 spiro atoms. The number of carbonyl (C=O) groups excluding carboxylic acids is 2. The lowest BCUT2D eigenvalue weighted by molar-refractivity contribution is -0.145. The van der Waals surface area contributed by atoms with E-state index in [0.717, 1.165) is 0 Å². The van der Waals surface area contributed by atoms with Gasteiger partial charge in [-0.15, -0.1) is 0 Å². The topological polar surface area (TPSA) is 114 Å². The fraction of sp³-hybridized carbons (Fsp3) is 0.286. The Bertz CT molecular complexity index is 812. The molecule has 1 atom stereocenters. The minimum Gasteiger partial charge on any atom is -0.480 e. The first-order valence-corrected chi connectivity index (χ1v) is 9.24. The number of hydrogen-bond acceptors (Lipinski definition) is 5. The lowest BCUT2D eigenvalue weighted by atomic mass is 9.90. The molecule has 2 aromatic rings. The first kappa shape index (κ1) is 21.7. The molecule has 0 saturated heterocycles. The standard InChI is InChI=1S/C21H24N2O6/c1-2-21(18(24)25,23-20(27)29-17-12-7-4-8-13-17)14-9-15-22-19(26)28-16-10-5-3-6-11-16/h3-8,10-13H,2,9,14-15H2,1H3,(H,22,26)(H,23,27)(H,24,25). The van der Waals surface area contributed by atoms with Crippen molar-refractivity contribution in [1.82, 2.24) is 10.6 Å². The van der Waals surface area contributed by atoms with E-state index >= 15 is 0 Å². The zero-order chi connectivity index (χ0) is 21.1. The van der Waals surface area contributed by atoms with Gasteiger partial charge in [0.25, 0.3) is 0 Å². The Morgan fingerprint density at radius 3 is 1.90 bits per heavy atom. The van der Waals surface area contributed by atoms with Gasteiger partial charge in [0.2, 0.25) is 0 Å². The number of amides is 2. The van der Waals surface area contributed by atoms with Crippen LogP contribution >= 0.6 is 0 Å². The molecule has 0 saturated carbocycles. The Labute approximate surface area is 168 Å². The molecule has 0 aliphatic heterocycles. The number of para-hydroxylation sites is 2. The van der Waals surface area contributed by atoms with E-state index in [1.54, 1.807) is 67.6 Å². The maximum absolute atomic E-state index is 12.1. The summed E-state index contributed by atoms with van der Waals surface area (Å²) in [6.07, 6.45) is -0.910. The fourth-order valence-corrected chi connectivity index (χ4v) is 2.67. The molecule has 0 bridgehead atoms. The molecule has 0 aromatic heterocycles. The smallest absolute Gasteiger partial charge is 0.413 e. The molecule has 0 aliphatic carbocycles. The predicted octanol–water partition coefficient (Wildman–Crippen LogP) is 3.58. The van der Waals surface area contributed by atoms with Gasteiger partial charge in [0.05, 0.1) is 0 Å². The van der Waals surface area contributed by atoms with Crippen molar-refractivity contribution in [2.45, 2.75) is 31.7 Å². The second-order valence-corrected chi connectivity index (χ2v) is 6.30. The highest BCUT2D eigenvalue weighted by Crippen LogP contribution is 2.19. The van der Waals surface area contributed by atoms with Crippen LogP contribution in [-0.2, 0) is 4.79 Å². The number of benzene rings is 2. The second kappa shape index (κ2) is 10.7. The molecule has 8 heteroatoms. The van der Waals surface area contributed by atoms with Gasteiger partial charge in [0.15, 0.2) is 0 Å². The predicted molar refractivity (Wildman–Crippen MR) is 106 cm³/mol. The number of rotatable bonds is 9. The molecule has 0 radical (unpaired) electrons. The van der Waals surface area contributed by atoms with Gasteiger partial charge in [-0.2, -0.15) is 0 Å². The third-order valence-electron chi connectivity index (χ3n) is 4.31. The van der Waals surface area contributed by atoms with E-state index in [4.69, 9.17) is 9.47 Å². The molecule has 0 aliphatic rings. The molecular formula is C21H24N2O6. The Balaban J connectivity index is 1.85. The normalized spacial score (nSPS) is 12.3. The number of carbonyl (C=O) groups is 3. The molecule has 8 nitrogen and oxygen atoms in total. The number of carboxylic acids is 1. The Morgan fingerprint density at radius 1 is 0.897 bits per heavy atom. The lowest BCUT2D eigenvalue weighted by Gasteiger charge is -2.29. The van der Waals surface area contributed by atoms with E-state index in [1.165, 1.54) is 0 Å². The quantitative estimate of drug-likeness (QED) is 0.555. The molecule has 2 rings (SSSR count). The molecule has 2 aromatic carbocycles. The molecule has 154 valence electrons. The summed E-state index contributed by atoms with van der Waals surface area (Å²) in [7, 11) is 0. The zero-order valence-electron chi connectivity index (χ0n) is 16.1. The van der Waals surface area contributed by atoms with Crippen molar-refractivity contribution in [2.24, 2.45) is 0 Å². The Hall–Kier alpha value is -3.55. The third-order valence-corrected chi connectivity index (χ3v) is 4.31. The van der Waals surface area contributed by atoms with Crippen LogP contribution in [0.4, 0.5) is 9.59 Å². The van der Waals surface area contributed by atoms with E-state index in [2.05, 4.69) is 10.6 Å². The van der Waals surface area contributed by atoms with Crippen molar-refractivity contribution in [3.8, 4) is 11.5 Å². The van der Waals surface area contributed by atoms with Crippen LogP contribution in [-0.4, -0.2) is 35.3 Å². The highest BCUT2D eigenvalue weighted by Gasteiger charge is 2.38. The first-order chi connectivity index (χ1) is 13.9. The summed E-state index contributed by atoms with van der Waals surface area (Å²) in [4.78, 5) is 35.8. The molecule has 0 fully saturated rings. The van der Waals surface area contributed by atoms with Crippen LogP contribution in [0.25, 0.3) is 0 Å². The molecule has 3 N–H and O–H groups in total. The fourth-order valence-electron chi connectivity index (χ4n) is 2.67. The van der Waals surface area contributed by atoms with Crippen molar-refractivity contribution in [3.63, 3.8) is 0 Å². The van der Waals surface area contributed by atoms with Crippen LogP contribution < -0.4 is 20.1 Å². The summed E-state index contributed by atoms with van der Waals surface area (Å²) >= 11 is 0. The van der Waals surface area contributed by atoms with Gasteiger partial charge < -0.3 is 25.2 Å². The number of hydrogen-bond donors (Lipinski definition) is 3. The van der Waals surface area contributed by atoms with E-state index < -0.39 is 23.7 Å². The highest BCUT2D eigenvalue weighted by molar-refractivity contribution is 5.85. The van der Waals surface area contributed by atoms with Crippen molar-refractivity contribution in [2.75, 3.05) is 6.54 Å². The summed E-state index contributed by atoms with van der Waals surface area (Å²) < 4.78 is 10.2. The van der Waals surface area contributed by atoms with Gasteiger partial charge in [-0.05, 0) is 43.5 Å². The lowest BCUT2D eigenvalue weighted by Crippen LogP contribution is -2.55. The molecule has 29 heavy (non-hydrogen) atoms. The SMILES string of the molecule is CCC(CCCNC(=O)Oc1ccccc1)(NC(=O)Oc1ccccc1)C(=O)O. The van der Waals surface area contributed by atoms with Crippen LogP contribution in [0.3, 0.4) is 0 Å². The van der Waals surface area contributed by atoms with Gasteiger partial charge >= 0.3 is 18.2 Å². The average molecular weight is 400 g/mol. The number of nitrogens with one attached hydrogen (secondary N) is 2. The monoisotopic (exact) mass is 400 g/mol. The van der Waals surface area contributed by atoms with Crippen molar-refractivity contribution in [3.05, 3.63) is 60.7 Å². The van der Waals surface area contributed by atoms with Gasteiger partial charge in [0, 0.05) is 6.54 Å². The largest absolute Gasteiger partial charge is 0.480 e. The van der Waals surface area contributed by atoms with Crippen molar-refractivity contribution in [1.29, 1.82) is 0 Å². The van der Waals surface area contributed by atoms with Crippen LogP contribution in [0.5, 0.6) is 11.5 Å². The Kier molecular flexibility index (Phi) is 8.02. The Morgan fingerprint density at radius 2 is 1.41 bits per heavy atom. The number of aliphatic carboxylic acids is 1. The van der Waals surface area contributed by atoms with Crippen LogP contribution in [0.15, 0.2) is 60.7 Å². The molecule has 1 unspecified atom stereocenters. The summed E-state index contributed by atoms with van der Waals surface area (Å²) in [5.74, 6) is -0.452. The van der Waals surface area contributed by atoms with Crippen molar-refractivity contribution >= 4 is 18.2 Å². The third kappa shape index (κ3) is 6.84. The average Bonchev–Trinajstić information content (AvgIpc) is 2.71. The van der Waals surface area contributed by atoms with E-state index in [9.17, 15) is 19.5 Å².